The molecule has 4 heteroatoms. The van der Waals surface area contributed by atoms with Gasteiger partial charge in [-0.1, -0.05) is 24.6 Å². The molecule has 15 heavy (non-hydrogen) atoms. The first-order chi connectivity index (χ1) is 7.24. The summed E-state index contributed by atoms with van der Waals surface area (Å²) in [6.07, 6.45) is 5.01. The van der Waals surface area contributed by atoms with Gasteiger partial charge in [-0.15, -0.1) is 0 Å². The Labute approximate surface area is 87.2 Å². The van der Waals surface area contributed by atoms with Gasteiger partial charge >= 0.3 is 5.97 Å². The third kappa shape index (κ3) is 3.53. The minimum absolute atomic E-state index is 0.139. The molecule has 1 N–H and O–H groups in total. The Bertz CT molecular complexity index is 404. The van der Waals surface area contributed by atoms with E-state index < -0.39 is 12.6 Å². The highest BCUT2D eigenvalue weighted by molar-refractivity contribution is 5.95. The highest BCUT2D eigenvalue weighted by Crippen LogP contribution is 2.02. The Hall–Kier alpha value is -2.28. The van der Waals surface area contributed by atoms with E-state index in [4.69, 9.17) is 16.3 Å². The number of nitrogens with zero attached hydrogens (tertiary/aromatic N) is 1. The van der Waals surface area contributed by atoms with Crippen molar-refractivity contribution < 1.29 is 14.6 Å². The highest BCUT2D eigenvalue weighted by atomic mass is 16.5. The van der Waals surface area contributed by atoms with Crippen LogP contribution in [-0.2, 0) is 9.53 Å². The molecule has 0 bridgehead atoms. The number of hydrogen-bond acceptors (Lipinski definition) is 3. The lowest BCUT2D eigenvalue weighted by Crippen LogP contribution is -2.13. The summed E-state index contributed by atoms with van der Waals surface area (Å²) in [5, 5.41) is 8.45. The molecule has 0 fully saturated rings. The molecule has 0 radical (unpaired) electrons. The fraction of sp³-hybridized carbons (Fsp3) is 0.0909. The lowest BCUT2D eigenvalue weighted by atomic mass is 10.2. The highest BCUT2D eigenvalue weighted by Gasteiger charge is 2.06. The maximum absolute atomic E-state index is 10.3. The number of aliphatic imine (C=N–C) groups is 1. The maximum atomic E-state index is 10.3. The Morgan fingerprint density at radius 2 is 2.13 bits per heavy atom. The van der Waals surface area contributed by atoms with Crippen LogP contribution in [0.4, 0.5) is 0 Å². The normalized spacial score (nSPS) is 10.5. The van der Waals surface area contributed by atoms with Crippen molar-refractivity contribution in [3.63, 3.8) is 0 Å². The van der Waals surface area contributed by atoms with Crippen molar-refractivity contribution in [2.45, 2.75) is 0 Å². The predicted octanol–water partition coefficient (Wildman–Crippen LogP) is 1.13. The second-order valence-electron chi connectivity index (χ2n) is 2.59. The fourth-order valence-corrected chi connectivity index (χ4v) is 0.950. The second kappa shape index (κ2) is 5.45. The molecule has 0 saturated carbocycles. The number of carboxylic acid groups (broad SMARTS) is 1. The quantitative estimate of drug-likeness (QED) is 0.455. The summed E-state index contributed by atoms with van der Waals surface area (Å²) >= 11 is 0. The first kappa shape index (κ1) is 10.8. The van der Waals surface area contributed by atoms with Crippen LogP contribution in [0.5, 0.6) is 0 Å². The van der Waals surface area contributed by atoms with Crippen LogP contribution in [0.15, 0.2) is 35.3 Å². The molecule has 1 aromatic carbocycles. The molecule has 4 nitrogen and oxygen atoms in total. The molecule has 0 saturated heterocycles. The van der Waals surface area contributed by atoms with E-state index in [1.165, 1.54) is 0 Å². The van der Waals surface area contributed by atoms with Crippen molar-refractivity contribution in [2.24, 2.45) is 4.99 Å². The molecular formula is C11H9NO3. The summed E-state index contributed by atoms with van der Waals surface area (Å²) in [6.45, 7) is -0.463. The van der Waals surface area contributed by atoms with Crippen molar-refractivity contribution in [1.82, 2.24) is 0 Å². The molecule has 1 rings (SSSR count). The molecule has 0 aliphatic heterocycles. The molecular weight excluding hydrogens is 194 g/mol. The van der Waals surface area contributed by atoms with Crippen molar-refractivity contribution >= 4 is 11.9 Å². The number of ether oxygens (including phenoxy) is 1. The van der Waals surface area contributed by atoms with Gasteiger partial charge in [0.05, 0.1) is 0 Å². The summed E-state index contributed by atoms with van der Waals surface area (Å²) in [5.74, 6) is -0.934. The van der Waals surface area contributed by atoms with Gasteiger partial charge in [0.1, 0.15) is 0 Å². The molecule has 0 aromatic heterocycles. The zero-order valence-electron chi connectivity index (χ0n) is 7.88. The largest absolute Gasteiger partial charge is 0.479 e. The van der Waals surface area contributed by atoms with Gasteiger partial charge in [0.25, 0.3) is 0 Å². The fourth-order valence-electron chi connectivity index (χ4n) is 0.950. The summed E-state index contributed by atoms with van der Waals surface area (Å²) < 4.78 is 4.94. The zero-order chi connectivity index (χ0) is 11.1. The SMILES string of the molecule is C#CN=C(OCC(=O)O)c1ccccc1. The summed E-state index contributed by atoms with van der Waals surface area (Å²) in [5.41, 5.74) is 0.650. The number of benzene rings is 1. The predicted molar refractivity (Wildman–Crippen MR) is 55.4 cm³/mol. The van der Waals surface area contributed by atoms with E-state index in [2.05, 4.69) is 11.0 Å². The van der Waals surface area contributed by atoms with Crippen LogP contribution >= 0.6 is 0 Å². The first-order valence-electron chi connectivity index (χ1n) is 4.17. The topological polar surface area (TPSA) is 58.9 Å². The van der Waals surface area contributed by atoms with Crippen molar-refractivity contribution in [3.05, 3.63) is 35.9 Å². The lowest BCUT2D eigenvalue weighted by molar-refractivity contribution is -0.139. The molecule has 0 amide bonds. The molecule has 0 unspecified atom stereocenters. The van der Waals surface area contributed by atoms with Crippen LogP contribution < -0.4 is 0 Å². The Morgan fingerprint density at radius 1 is 1.47 bits per heavy atom. The standard InChI is InChI=1S/C11H9NO3/c1-2-12-11(15-8-10(13)14)9-6-4-3-5-7-9/h1,3-7H,8H2,(H,13,14). The van der Waals surface area contributed by atoms with Crippen molar-refractivity contribution in [1.29, 1.82) is 0 Å². The van der Waals surface area contributed by atoms with E-state index in [0.29, 0.717) is 5.56 Å². The van der Waals surface area contributed by atoms with Crippen molar-refractivity contribution in [2.75, 3.05) is 6.61 Å². The molecule has 0 heterocycles. The number of carboxylic acids is 1. The maximum Gasteiger partial charge on any atom is 0.341 e. The summed E-state index contributed by atoms with van der Waals surface area (Å²) in [7, 11) is 0. The van der Waals surface area contributed by atoms with Gasteiger partial charge < -0.3 is 9.84 Å². The van der Waals surface area contributed by atoms with Gasteiger partial charge in [-0.2, -0.15) is 4.99 Å². The van der Waals surface area contributed by atoms with Crippen LogP contribution in [0.25, 0.3) is 0 Å². The summed E-state index contributed by atoms with van der Waals surface area (Å²) in [4.78, 5) is 13.9. The average molecular weight is 203 g/mol. The first-order valence-corrected chi connectivity index (χ1v) is 4.17. The minimum Gasteiger partial charge on any atom is -0.479 e. The van der Waals surface area contributed by atoms with E-state index in [9.17, 15) is 4.79 Å². The number of aliphatic carboxylic acids is 1. The molecule has 0 spiro atoms. The third-order valence-electron chi connectivity index (χ3n) is 1.52. The van der Waals surface area contributed by atoms with Gasteiger partial charge in [0.2, 0.25) is 5.90 Å². The smallest absolute Gasteiger partial charge is 0.341 e. The van der Waals surface area contributed by atoms with Gasteiger partial charge in [0, 0.05) is 11.6 Å². The van der Waals surface area contributed by atoms with Crippen LogP contribution in [-0.4, -0.2) is 23.6 Å². The van der Waals surface area contributed by atoms with Gasteiger partial charge in [-0.05, 0) is 12.1 Å². The van der Waals surface area contributed by atoms with Crippen LogP contribution in [0, 0.1) is 12.5 Å². The molecule has 0 aliphatic rings. The van der Waals surface area contributed by atoms with E-state index in [1.807, 2.05) is 6.07 Å². The Kier molecular flexibility index (Phi) is 3.92. The molecule has 0 aliphatic carbocycles. The monoisotopic (exact) mass is 203 g/mol. The molecule has 1 aromatic rings. The Morgan fingerprint density at radius 3 is 2.67 bits per heavy atom. The van der Waals surface area contributed by atoms with Gasteiger partial charge in [0.15, 0.2) is 6.61 Å². The van der Waals surface area contributed by atoms with Gasteiger partial charge in [-0.3, -0.25) is 0 Å². The molecule has 76 valence electrons. The molecule has 0 atom stereocenters. The number of rotatable bonds is 3. The van der Waals surface area contributed by atoms with Crippen LogP contribution in [0.1, 0.15) is 5.56 Å². The number of carbonyl (C=O) groups is 1. The minimum atomic E-state index is -1.07. The van der Waals surface area contributed by atoms with E-state index >= 15 is 0 Å². The number of hydrogen-bond donors (Lipinski definition) is 1. The van der Waals surface area contributed by atoms with E-state index in [1.54, 1.807) is 24.3 Å². The second-order valence-corrected chi connectivity index (χ2v) is 2.59. The van der Waals surface area contributed by atoms with Crippen LogP contribution in [0.3, 0.4) is 0 Å². The van der Waals surface area contributed by atoms with E-state index in [-0.39, 0.29) is 5.90 Å². The van der Waals surface area contributed by atoms with Gasteiger partial charge in [-0.25, -0.2) is 4.79 Å². The summed E-state index contributed by atoms with van der Waals surface area (Å²) in [6, 6.07) is 10.9. The van der Waals surface area contributed by atoms with E-state index in [0.717, 1.165) is 0 Å². The number of terminal acetylenes is 1. The lowest BCUT2D eigenvalue weighted by Gasteiger charge is -2.04. The van der Waals surface area contributed by atoms with Crippen molar-refractivity contribution in [3.8, 4) is 12.5 Å². The zero-order valence-corrected chi connectivity index (χ0v) is 7.88. The average Bonchev–Trinajstić information content (AvgIpc) is 2.25. The Balaban J connectivity index is 2.81. The van der Waals surface area contributed by atoms with Crippen LogP contribution in [0.2, 0.25) is 0 Å². The third-order valence-corrected chi connectivity index (χ3v) is 1.52.